The quantitative estimate of drug-likeness (QED) is 0.771. The van der Waals surface area contributed by atoms with Gasteiger partial charge in [0, 0.05) is 11.8 Å². The van der Waals surface area contributed by atoms with Gasteiger partial charge in [0.1, 0.15) is 0 Å². The van der Waals surface area contributed by atoms with Crippen LogP contribution in [0.25, 0.3) is 0 Å². The van der Waals surface area contributed by atoms with Crippen molar-refractivity contribution >= 4 is 23.1 Å². The third-order valence-electron chi connectivity index (χ3n) is 2.06. The summed E-state index contributed by atoms with van der Waals surface area (Å²) >= 11 is 3.78. The highest BCUT2D eigenvalue weighted by Crippen LogP contribution is 2.06. The van der Waals surface area contributed by atoms with Crippen LogP contribution in [0.4, 0.5) is 0 Å². The van der Waals surface area contributed by atoms with Crippen LogP contribution in [0.5, 0.6) is 0 Å². The maximum absolute atomic E-state index is 3.54. The molecule has 1 N–H and O–H groups in total. The monoisotopic (exact) mass is 229 g/mol. The number of hydrogen-bond donors (Lipinski definition) is 1. The van der Waals surface area contributed by atoms with Crippen molar-refractivity contribution in [3.63, 3.8) is 0 Å². The molecule has 0 radical (unpaired) electrons. The highest BCUT2D eigenvalue weighted by Gasteiger charge is 2.00. The normalized spacial score (nSPS) is 13.0. The Kier molecular flexibility index (Phi) is 6.32. The Labute approximate surface area is 95.3 Å². The summed E-state index contributed by atoms with van der Waals surface area (Å²) in [6, 6.07) is 2.84. The third kappa shape index (κ3) is 5.03. The van der Waals surface area contributed by atoms with Gasteiger partial charge in [-0.1, -0.05) is 6.92 Å². The van der Waals surface area contributed by atoms with E-state index >= 15 is 0 Å². The zero-order valence-corrected chi connectivity index (χ0v) is 10.6. The minimum absolute atomic E-state index is 0.638. The lowest BCUT2D eigenvalue weighted by Gasteiger charge is -2.12. The molecule has 0 aliphatic carbocycles. The van der Waals surface area contributed by atoms with Crippen LogP contribution < -0.4 is 5.32 Å². The molecule has 1 unspecified atom stereocenters. The highest BCUT2D eigenvalue weighted by molar-refractivity contribution is 7.99. The molecule has 1 nitrogen and oxygen atoms in total. The minimum atomic E-state index is 0.638. The Hall–Kier alpha value is 0.01000. The molecule has 0 fully saturated rings. The predicted molar refractivity (Wildman–Crippen MR) is 68.5 cm³/mol. The summed E-state index contributed by atoms with van der Waals surface area (Å²) in [7, 11) is 0. The lowest BCUT2D eigenvalue weighted by Crippen LogP contribution is -2.30. The average Bonchev–Trinajstić information content (AvgIpc) is 2.67. The molecule has 0 spiro atoms. The summed E-state index contributed by atoms with van der Waals surface area (Å²) in [4.78, 5) is 0. The minimum Gasteiger partial charge on any atom is -0.313 e. The fourth-order valence-corrected chi connectivity index (χ4v) is 2.66. The van der Waals surface area contributed by atoms with Gasteiger partial charge in [0.05, 0.1) is 0 Å². The van der Waals surface area contributed by atoms with Crippen LogP contribution >= 0.6 is 23.1 Å². The van der Waals surface area contributed by atoms with E-state index in [0.717, 1.165) is 13.0 Å². The van der Waals surface area contributed by atoms with E-state index in [1.54, 1.807) is 11.3 Å². The summed E-state index contributed by atoms with van der Waals surface area (Å²) < 4.78 is 0. The SMILES string of the molecule is CCSCC(C)NCCc1ccsc1. The molecule has 1 rings (SSSR count). The van der Waals surface area contributed by atoms with Gasteiger partial charge in [-0.25, -0.2) is 0 Å². The molecule has 1 aromatic heterocycles. The van der Waals surface area contributed by atoms with Crippen LogP contribution in [-0.4, -0.2) is 24.1 Å². The molecular weight excluding hydrogens is 210 g/mol. The van der Waals surface area contributed by atoms with Gasteiger partial charge >= 0.3 is 0 Å². The maximum Gasteiger partial charge on any atom is 0.0130 e. The Morgan fingerprint density at radius 1 is 1.57 bits per heavy atom. The average molecular weight is 229 g/mol. The van der Waals surface area contributed by atoms with Crippen molar-refractivity contribution < 1.29 is 0 Å². The van der Waals surface area contributed by atoms with Crippen LogP contribution in [0.15, 0.2) is 16.8 Å². The first-order valence-corrected chi connectivity index (χ1v) is 7.25. The first-order chi connectivity index (χ1) is 6.83. The molecule has 3 heteroatoms. The second-order valence-corrected chi connectivity index (χ2v) is 5.50. The van der Waals surface area contributed by atoms with E-state index in [2.05, 4.69) is 36.0 Å². The van der Waals surface area contributed by atoms with E-state index in [4.69, 9.17) is 0 Å². The Morgan fingerprint density at radius 2 is 2.43 bits per heavy atom. The number of nitrogens with one attached hydrogen (secondary N) is 1. The first-order valence-electron chi connectivity index (χ1n) is 5.15. The molecule has 1 aromatic rings. The van der Waals surface area contributed by atoms with Crippen LogP contribution in [-0.2, 0) is 6.42 Å². The van der Waals surface area contributed by atoms with Crippen LogP contribution in [0, 0.1) is 0 Å². The van der Waals surface area contributed by atoms with Crippen molar-refractivity contribution in [2.24, 2.45) is 0 Å². The number of rotatable bonds is 7. The lowest BCUT2D eigenvalue weighted by molar-refractivity contribution is 0.597. The lowest BCUT2D eigenvalue weighted by atomic mass is 10.2. The van der Waals surface area contributed by atoms with E-state index in [1.807, 2.05) is 11.8 Å². The molecule has 0 bridgehead atoms. The smallest absolute Gasteiger partial charge is 0.0130 e. The Morgan fingerprint density at radius 3 is 3.07 bits per heavy atom. The number of hydrogen-bond acceptors (Lipinski definition) is 3. The Balaban J connectivity index is 2.03. The van der Waals surface area contributed by atoms with Crippen LogP contribution in [0.3, 0.4) is 0 Å². The van der Waals surface area contributed by atoms with Crippen LogP contribution in [0.2, 0.25) is 0 Å². The zero-order valence-electron chi connectivity index (χ0n) is 8.95. The van der Waals surface area contributed by atoms with Gasteiger partial charge in [-0.05, 0) is 48.0 Å². The summed E-state index contributed by atoms with van der Waals surface area (Å²) in [5.74, 6) is 2.44. The van der Waals surface area contributed by atoms with Crippen molar-refractivity contribution in [2.45, 2.75) is 26.3 Å². The molecule has 0 amide bonds. The van der Waals surface area contributed by atoms with Crippen molar-refractivity contribution in [3.05, 3.63) is 22.4 Å². The van der Waals surface area contributed by atoms with E-state index in [0.29, 0.717) is 6.04 Å². The second kappa shape index (κ2) is 7.32. The van der Waals surface area contributed by atoms with Gasteiger partial charge in [0.25, 0.3) is 0 Å². The zero-order chi connectivity index (χ0) is 10.2. The molecule has 1 heterocycles. The first kappa shape index (κ1) is 12.1. The standard InChI is InChI=1S/C11H19NS2/c1-3-13-8-10(2)12-6-4-11-5-7-14-9-11/h5,7,9-10,12H,3-4,6,8H2,1-2H3. The largest absolute Gasteiger partial charge is 0.313 e. The molecule has 80 valence electrons. The fraction of sp³-hybridized carbons (Fsp3) is 0.636. The molecule has 1 atom stereocenters. The van der Waals surface area contributed by atoms with Crippen molar-refractivity contribution in [2.75, 3.05) is 18.1 Å². The van der Waals surface area contributed by atoms with E-state index in [-0.39, 0.29) is 0 Å². The number of thiophene rings is 1. The van der Waals surface area contributed by atoms with Crippen molar-refractivity contribution in [1.29, 1.82) is 0 Å². The van der Waals surface area contributed by atoms with Crippen molar-refractivity contribution in [3.8, 4) is 0 Å². The summed E-state index contributed by atoms with van der Waals surface area (Å²) in [5.41, 5.74) is 1.46. The predicted octanol–water partition coefficient (Wildman–Crippen LogP) is 3.02. The van der Waals surface area contributed by atoms with Crippen molar-refractivity contribution in [1.82, 2.24) is 5.32 Å². The molecular formula is C11H19NS2. The molecule has 0 saturated heterocycles. The molecule has 0 saturated carbocycles. The van der Waals surface area contributed by atoms with E-state index in [1.165, 1.54) is 17.1 Å². The Bertz CT molecular complexity index is 221. The fourth-order valence-electron chi connectivity index (χ4n) is 1.25. The maximum atomic E-state index is 3.54. The van der Waals surface area contributed by atoms with Crippen LogP contribution in [0.1, 0.15) is 19.4 Å². The summed E-state index contributed by atoms with van der Waals surface area (Å²) in [6.45, 7) is 5.57. The molecule has 0 aliphatic heterocycles. The van der Waals surface area contributed by atoms with E-state index in [9.17, 15) is 0 Å². The number of thioether (sulfide) groups is 1. The molecule has 14 heavy (non-hydrogen) atoms. The highest BCUT2D eigenvalue weighted by atomic mass is 32.2. The summed E-state index contributed by atoms with van der Waals surface area (Å²) in [6.07, 6.45) is 1.16. The van der Waals surface area contributed by atoms with Gasteiger partial charge in [-0.2, -0.15) is 23.1 Å². The van der Waals surface area contributed by atoms with Gasteiger partial charge in [0.2, 0.25) is 0 Å². The topological polar surface area (TPSA) is 12.0 Å². The molecule has 0 aromatic carbocycles. The second-order valence-electron chi connectivity index (χ2n) is 3.40. The van der Waals surface area contributed by atoms with Gasteiger partial charge < -0.3 is 5.32 Å². The summed E-state index contributed by atoms with van der Waals surface area (Å²) in [5, 5.41) is 7.91. The van der Waals surface area contributed by atoms with Gasteiger partial charge in [-0.3, -0.25) is 0 Å². The van der Waals surface area contributed by atoms with Gasteiger partial charge in [-0.15, -0.1) is 0 Å². The van der Waals surface area contributed by atoms with Gasteiger partial charge in [0.15, 0.2) is 0 Å². The van der Waals surface area contributed by atoms with E-state index < -0.39 is 0 Å². The molecule has 0 aliphatic rings. The third-order valence-corrected chi connectivity index (χ3v) is 3.93.